The normalized spacial score (nSPS) is 10.2. The first-order chi connectivity index (χ1) is 7.60. The molecule has 0 atom stereocenters. The number of benzene rings is 1. The predicted octanol–water partition coefficient (Wildman–Crippen LogP) is 1.80. The molecule has 0 saturated heterocycles. The smallest absolute Gasteiger partial charge is 0.328 e. The molecule has 4 heteroatoms. The molecule has 4 nitrogen and oxygen atoms in total. The molecule has 0 aliphatic heterocycles. The van der Waals surface area contributed by atoms with E-state index in [-0.39, 0.29) is 0 Å². The number of aliphatic carboxylic acids is 1. The first-order valence-corrected chi connectivity index (χ1v) is 4.82. The van der Waals surface area contributed by atoms with Crippen molar-refractivity contribution in [2.24, 2.45) is 0 Å². The van der Waals surface area contributed by atoms with E-state index in [1.807, 2.05) is 13.0 Å². The fourth-order valence-corrected chi connectivity index (χ4v) is 1.41. The number of carboxylic acid groups (broad SMARTS) is 1. The number of rotatable bonds is 3. The highest BCUT2D eigenvalue weighted by molar-refractivity contribution is 5.86. The van der Waals surface area contributed by atoms with Crippen LogP contribution in [0.4, 0.5) is 5.69 Å². The van der Waals surface area contributed by atoms with Crippen molar-refractivity contribution in [2.75, 3.05) is 5.73 Å². The van der Waals surface area contributed by atoms with Gasteiger partial charge in [-0.3, -0.25) is 0 Å². The molecule has 0 fully saturated rings. The summed E-state index contributed by atoms with van der Waals surface area (Å²) in [6, 6.07) is 5.50. The van der Waals surface area contributed by atoms with Crippen LogP contribution < -0.4 is 5.73 Å². The Morgan fingerprint density at radius 3 is 2.81 bits per heavy atom. The van der Waals surface area contributed by atoms with Crippen molar-refractivity contribution >= 4 is 17.7 Å². The zero-order chi connectivity index (χ0) is 12.1. The van der Waals surface area contributed by atoms with Crippen molar-refractivity contribution in [2.45, 2.75) is 13.3 Å². The van der Waals surface area contributed by atoms with Crippen molar-refractivity contribution in [1.82, 2.24) is 0 Å². The van der Waals surface area contributed by atoms with E-state index < -0.39 is 5.97 Å². The second-order valence-electron chi connectivity index (χ2n) is 3.24. The average Bonchev–Trinajstić information content (AvgIpc) is 2.26. The van der Waals surface area contributed by atoms with Crippen LogP contribution in [0.5, 0.6) is 0 Å². The van der Waals surface area contributed by atoms with E-state index in [2.05, 4.69) is 0 Å². The number of nitrogens with two attached hydrogens (primary N) is 1. The second-order valence-corrected chi connectivity index (χ2v) is 3.24. The number of hydrogen-bond acceptors (Lipinski definition) is 3. The number of carboxylic acids is 1. The molecule has 0 aliphatic carbocycles. The van der Waals surface area contributed by atoms with Crippen LogP contribution in [-0.2, 0) is 11.2 Å². The molecule has 0 unspecified atom stereocenters. The Morgan fingerprint density at radius 1 is 1.62 bits per heavy atom. The molecule has 0 bridgehead atoms. The number of nitrogens with zero attached hydrogens (tertiary/aromatic N) is 1. The van der Waals surface area contributed by atoms with E-state index in [0.29, 0.717) is 16.8 Å². The molecule has 0 spiro atoms. The van der Waals surface area contributed by atoms with Crippen molar-refractivity contribution in [1.29, 1.82) is 5.26 Å². The van der Waals surface area contributed by atoms with Gasteiger partial charge in [0.15, 0.2) is 0 Å². The van der Waals surface area contributed by atoms with E-state index in [0.717, 1.165) is 18.1 Å². The van der Waals surface area contributed by atoms with Gasteiger partial charge in [0.25, 0.3) is 0 Å². The Kier molecular flexibility index (Phi) is 3.67. The molecule has 82 valence electrons. The molecule has 1 aromatic carbocycles. The van der Waals surface area contributed by atoms with Crippen molar-refractivity contribution in [3.05, 3.63) is 34.9 Å². The van der Waals surface area contributed by atoms with Crippen LogP contribution in [-0.4, -0.2) is 11.1 Å². The average molecular weight is 216 g/mol. The maximum Gasteiger partial charge on any atom is 0.328 e. The van der Waals surface area contributed by atoms with E-state index in [9.17, 15) is 4.79 Å². The molecule has 16 heavy (non-hydrogen) atoms. The summed E-state index contributed by atoms with van der Waals surface area (Å²) in [5.41, 5.74) is 7.99. The maximum atomic E-state index is 10.4. The maximum absolute atomic E-state index is 10.4. The minimum absolute atomic E-state index is 0.330. The molecular weight excluding hydrogens is 204 g/mol. The number of aryl methyl sites for hydroxylation is 1. The SMILES string of the molecule is CCc1ccc(C=CC(=O)O)c(C#N)c1N. The predicted molar refractivity (Wildman–Crippen MR) is 61.6 cm³/mol. The van der Waals surface area contributed by atoms with Crippen molar-refractivity contribution in [3.63, 3.8) is 0 Å². The molecular formula is C12H12N2O2. The number of carbonyl (C=O) groups is 1. The lowest BCUT2D eigenvalue weighted by molar-refractivity contribution is -0.131. The summed E-state index contributed by atoms with van der Waals surface area (Å²) in [5.74, 6) is -1.05. The largest absolute Gasteiger partial charge is 0.478 e. The lowest BCUT2D eigenvalue weighted by atomic mass is 10.00. The van der Waals surface area contributed by atoms with Gasteiger partial charge in [-0.2, -0.15) is 5.26 Å². The zero-order valence-electron chi connectivity index (χ0n) is 8.90. The van der Waals surface area contributed by atoms with E-state index in [4.69, 9.17) is 16.1 Å². The lowest BCUT2D eigenvalue weighted by Gasteiger charge is -2.07. The van der Waals surface area contributed by atoms with Crippen molar-refractivity contribution < 1.29 is 9.90 Å². The van der Waals surface area contributed by atoms with Gasteiger partial charge >= 0.3 is 5.97 Å². The minimum atomic E-state index is -1.05. The van der Waals surface area contributed by atoms with Gasteiger partial charge in [-0.1, -0.05) is 19.1 Å². The Labute approximate surface area is 93.6 Å². The van der Waals surface area contributed by atoms with Gasteiger partial charge in [-0.05, 0) is 23.6 Å². The molecule has 0 amide bonds. The van der Waals surface area contributed by atoms with Gasteiger partial charge in [0.1, 0.15) is 6.07 Å². The van der Waals surface area contributed by atoms with Gasteiger partial charge in [0.05, 0.1) is 11.3 Å². The minimum Gasteiger partial charge on any atom is -0.478 e. The molecule has 0 aromatic heterocycles. The zero-order valence-corrected chi connectivity index (χ0v) is 8.90. The summed E-state index contributed by atoms with van der Waals surface area (Å²) in [7, 11) is 0. The van der Waals surface area contributed by atoms with Crippen molar-refractivity contribution in [3.8, 4) is 6.07 Å². The van der Waals surface area contributed by atoms with Crippen LogP contribution in [0.3, 0.4) is 0 Å². The van der Waals surface area contributed by atoms with E-state index in [1.54, 1.807) is 12.1 Å². The summed E-state index contributed by atoms with van der Waals surface area (Å²) >= 11 is 0. The van der Waals surface area contributed by atoms with E-state index in [1.165, 1.54) is 6.08 Å². The third-order valence-electron chi connectivity index (χ3n) is 2.27. The van der Waals surface area contributed by atoms with Crippen LogP contribution in [0.25, 0.3) is 6.08 Å². The Morgan fingerprint density at radius 2 is 2.31 bits per heavy atom. The molecule has 0 aliphatic rings. The fourth-order valence-electron chi connectivity index (χ4n) is 1.41. The van der Waals surface area contributed by atoms with Gasteiger partial charge in [0.2, 0.25) is 0 Å². The van der Waals surface area contributed by atoms with Crippen LogP contribution in [0, 0.1) is 11.3 Å². The van der Waals surface area contributed by atoms with E-state index >= 15 is 0 Å². The van der Waals surface area contributed by atoms with Crippen LogP contribution in [0.2, 0.25) is 0 Å². The van der Waals surface area contributed by atoms with Gasteiger partial charge in [-0.15, -0.1) is 0 Å². The highest BCUT2D eigenvalue weighted by Gasteiger charge is 2.07. The van der Waals surface area contributed by atoms with Crippen LogP contribution >= 0.6 is 0 Å². The molecule has 1 rings (SSSR count). The topological polar surface area (TPSA) is 87.1 Å². The summed E-state index contributed by atoms with van der Waals surface area (Å²) in [5, 5.41) is 17.5. The lowest BCUT2D eigenvalue weighted by Crippen LogP contribution is -1.99. The second kappa shape index (κ2) is 4.99. The number of nitriles is 1. The fraction of sp³-hybridized carbons (Fsp3) is 0.167. The first kappa shape index (κ1) is 11.8. The summed E-state index contributed by atoms with van der Waals surface area (Å²) < 4.78 is 0. The molecule has 0 radical (unpaired) electrons. The molecule has 0 heterocycles. The monoisotopic (exact) mass is 216 g/mol. The highest BCUT2D eigenvalue weighted by Crippen LogP contribution is 2.22. The highest BCUT2D eigenvalue weighted by atomic mass is 16.4. The summed E-state index contributed by atoms with van der Waals surface area (Å²) in [6.45, 7) is 1.94. The third kappa shape index (κ3) is 2.39. The summed E-state index contributed by atoms with van der Waals surface area (Å²) in [6.07, 6.45) is 3.10. The van der Waals surface area contributed by atoms with Gasteiger partial charge < -0.3 is 10.8 Å². The molecule has 0 saturated carbocycles. The molecule has 1 aromatic rings. The molecule has 3 N–H and O–H groups in total. The van der Waals surface area contributed by atoms with Crippen LogP contribution in [0.1, 0.15) is 23.6 Å². The number of hydrogen-bond donors (Lipinski definition) is 2. The van der Waals surface area contributed by atoms with Gasteiger partial charge in [-0.25, -0.2) is 4.79 Å². The standard InChI is InChI=1S/C12H12N2O2/c1-2-8-3-4-9(5-6-11(15)16)10(7-13)12(8)14/h3-6H,2,14H2,1H3,(H,15,16). The quantitative estimate of drug-likeness (QED) is 0.595. The first-order valence-electron chi connectivity index (χ1n) is 4.82. The summed E-state index contributed by atoms with van der Waals surface area (Å²) in [4.78, 5) is 10.4. The number of nitrogen functional groups attached to an aromatic ring is 1. The Balaban J connectivity index is 3.27. The van der Waals surface area contributed by atoms with Gasteiger partial charge in [0, 0.05) is 6.08 Å². The third-order valence-corrected chi connectivity index (χ3v) is 2.27. The Bertz CT molecular complexity index is 485. The van der Waals surface area contributed by atoms with Crippen LogP contribution in [0.15, 0.2) is 18.2 Å². The number of anilines is 1. The Hall–Kier alpha value is -2.28.